The topological polar surface area (TPSA) is 74.5 Å². The number of nitrogens with two attached hydrogens (primary N) is 1. The van der Waals surface area contributed by atoms with E-state index >= 15 is 0 Å². The number of likely N-dealkylation sites (N-methyl/N-ethyl adjacent to an activating group) is 1. The number of carbonyl (C=O) groups excluding carboxylic acids is 1. The highest BCUT2D eigenvalue weighted by atomic mass is 16.2. The maximum atomic E-state index is 12.0. The molecule has 1 amide bonds. The quantitative estimate of drug-likeness (QED) is 0.812. The normalized spacial score (nSPS) is 21.1. The molecule has 0 atom stereocenters. The second-order valence-corrected chi connectivity index (χ2v) is 6.12. The first-order valence-corrected chi connectivity index (χ1v) is 7.53. The summed E-state index contributed by atoms with van der Waals surface area (Å²) in [4.78, 5) is 21.1. The number of anilines is 1. The summed E-state index contributed by atoms with van der Waals surface area (Å²) < 4.78 is 0. The van der Waals surface area contributed by atoms with Gasteiger partial charge in [-0.15, -0.1) is 0 Å². The molecule has 0 bridgehead atoms. The number of hydrogen-bond donors (Lipinski definition) is 2. The lowest BCUT2D eigenvalue weighted by molar-refractivity contribution is -0.123. The van der Waals surface area contributed by atoms with E-state index < -0.39 is 5.54 Å². The van der Waals surface area contributed by atoms with Gasteiger partial charge in [0.15, 0.2) is 0 Å². The average molecular weight is 289 g/mol. The zero-order valence-electron chi connectivity index (χ0n) is 12.5. The van der Waals surface area contributed by atoms with E-state index in [0.717, 1.165) is 50.4 Å². The van der Waals surface area contributed by atoms with Crippen molar-refractivity contribution >= 4 is 11.7 Å². The van der Waals surface area contributed by atoms with Gasteiger partial charge in [-0.2, -0.15) is 0 Å². The van der Waals surface area contributed by atoms with E-state index in [2.05, 4.69) is 27.1 Å². The van der Waals surface area contributed by atoms with Crippen LogP contribution in [0.1, 0.15) is 18.4 Å². The standard InChI is InChI=1S/C15H23N5O/c1-19-7-9-20(10-8-19)13-12(3-2-6-17-13)11-18-14(21)15(16)4-5-15/h2-3,6H,4-5,7-11,16H2,1H3,(H,18,21). The fraction of sp³-hybridized carbons (Fsp3) is 0.600. The Bertz CT molecular complexity index is 521. The predicted molar refractivity (Wildman–Crippen MR) is 81.9 cm³/mol. The van der Waals surface area contributed by atoms with Crippen LogP contribution < -0.4 is 16.0 Å². The van der Waals surface area contributed by atoms with Crippen molar-refractivity contribution in [2.24, 2.45) is 5.73 Å². The molecule has 0 unspecified atom stereocenters. The van der Waals surface area contributed by atoms with Crippen LogP contribution in [0.15, 0.2) is 18.3 Å². The van der Waals surface area contributed by atoms with Crippen LogP contribution in [0.25, 0.3) is 0 Å². The van der Waals surface area contributed by atoms with Gasteiger partial charge in [0.25, 0.3) is 0 Å². The lowest BCUT2D eigenvalue weighted by atomic mass is 10.2. The first-order valence-electron chi connectivity index (χ1n) is 7.53. The van der Waals surface area contributed by atoms with E-state index in [0.29, 0.717) is 6.54 Å². The molecular weight excluding hydrogens is 266 g/mol. The van der Waals surface area contributed by atoms with Gasteiger partial charge in [0.2, 0.25) is 5.91 Å². The SMILES string of the molecule is CN1CCN(c2ncccc2CNC(=O)C2(N)CC2)CC1. The Labute approximate surface area is 125 Å². The molecule has 114 valence electrons. The summed E-state index contributed by atoms with van der Waals surface area (Å²) in [5.41, 5.74) is 6.35. The molecule has 1 aliphatic carbocycles. The number of hydrogen-bond acceptors (Lipinski definition) is 5. The molecule has 1 saturated heterocycles. The minimum Gasteiger partial charge on any atom is -0.354 e. The zero-order chi connectivity index (χ0) is 14.9. The van der Waals surface area contributed by atoms with E-state index in [-0.39, 0.29) is 5.91 Å². The average Bonchev–Trinajstić information content (AvgIpc) is 3.25. The second-order valence-electron chi connectivity index (χ2n) is 6.12. The van der Waals surface area contributed by atoms with Crippen LogP contribution >= 0.6 is 0 Å². The van der Waals surface area contributed by atoms with Crippen LogP contribution in [0.4, 0.5) is 5.82 Å². The first kappa shape index (κ1) is 14.3. The van der Waals surface area contributed by atoms with Crippen LogP contribution in [0.3, 0.4) is 0 Å². The number of amides is 1. The van der Waals surface area contributed by atoms with Gasteiger partial charge in [-0.05, 0) is 26.0 Å². The van der Waals surface area contributed by atoms with Gasteiger partial charge >= 0.3 is 0 Å². The van der Waals surface area contributed by atoms with Gasteiger partial charge in [-0.1, -0.05) is 6.07 Å². The van der Waals surface area contributed by atoms with Crippen LogP contribution in [-0.4, -0.2) is 54.6 Å². The summed E-state index contributed by atoms with van der Waals surface area (Å²) in [5.74, 6) is 0.934. The number of nitrogens with zero attached hydrogens (tertiary/aromatic N) is 3. The van der Waals surface area contributed by atoms with Crippen molar-refractivity contribution in [2.75, 3.05) is 38.1 Å². The van der Waals surface area contributed by atoms with Gasteiger partial charge < -0.3 is 20.9 Å². The van der Waals surface area contributed by atoms with Gasteiger partial charge in [-0.3, -0.25) is 4.79 Å². The lowest BCUT2D eigenvalue weighted by Crippen LogP contribution is -2.45. The van der Waals surface area contributed by atoms with Crippen molar-refractivity contribution in [3.05, 3.63) is 23.9 Å². The Kier molecular flexibility index (Phi) is 3.82. The molecule has 0 aromatic carbocycles. The Morgan fingerprint density at radius 2 is 2.10 bits per heavy atom. The third-order valence-electron chi connectivity index (χ3n) is 4.35. The van der Waals surface area contributed by atoms with Gasteiger partial charge in [0.1, 0.15) is 5.82 Å². The molecule has 2 fully saturated rings. The molecular formula is C15H23N5O. The molecule has 0 spiro atoms. The molecule has 1 aromatic heterocycles. The molecule has 21 heavy (non-hydrogen) atoms. The number of nitrogens with one attached hydrogen (secondary N) is 1. The Morgan fingerprint density at radius 1 is 1.38 bits per heavy atom. The lowest BCUT2D eigenvalue weighted by Gasteiger charge is -2.34. The molecule has 1 aliphatic heterocycles. The predicted octanol–water partition coefficient (Wildman–Crippen LogP) is -0.0591. The van der Waals surface area contributed by atoms with Crippen LogP contribution in [0.5, 0.6) is 0 Å². The maximum Gasteiger partial charge on any atom is 0.240 e. The summed E-state index contributed by atoms with van der Waals surface area (Å²) >= 11 is 0. The van der Waals surface area contributed by atoms with Gasteiger partial charge in [0.05, 0.1) is 5.54 Å². The minimum atomic E-state index is -0.615. The van der Waals surface area contributed by atoms with Gasteiger partial charge in [-0.25, -0.2) is 4.98 Å². The fourth-order valence-corrected chi connectivity index (χ4v) is 2.58. The van der Waals surface area contributed by atoms with Crippen LogP contribution in [-0.2, 0) is 11.3 Å². The van der Waals surface area contributed by atoms with Crippen LogP contribution in [0, 0.1) is 0 Å². The highest BCUT2D eigenvalue weighted by Crippen LogP contribution is 2.32. The third kappa shape index (κ3) is 3.16. The number of pyridine rings is 1. The molecule has 6 nitrogen and oxygen atoms in total. The van der Waals surface area contributed by atoms with Gasteiger partial charge in [0, 0.05) is 44.5 Å². The number of carbonyl (C=O) groups is 1. The number of rotatable bonds is 4. The van der Waals surface area contributed by atoms with E-state index in [1.54, 1.807) is 0 Å². The molecule has 0 radical (unpaired) electrons. The molecule has 2 heterocycles. The Hall–Kier alpha value is -1.66. The Balaban J connectivity index is 1.66. The minimum absolute atomic E-state index is 0.0457. The fourth-order valence-electron chi connectivity index (χ4n) is 2.58. The molecule has 6 heteroatoms. The largest absolute Gasteiger partial charge is 0.354 e. The molecule has 2 aliphatic rings. The molecule has 3 rings (SSSR count). The van der Waals surface area contributed by atoms with E-state index in [1.165, 1.54) is 0 Å². The first-order chi connectivity index (χ1) is 10.1. The summed E-state index contributed by atoms with van der Waals surface area (Å²) in [6, 6.07) is 3.94. The molecule has 1 aromatic rings. The molecule has 1 saturated carbocycles. The third-order valence-corrected chi connectivity index (χ3v) is 4.35. The van der Waals surface area contributed by atoms with Crippen molar-refractivity contribution < 1.29 is 4.79 Å². The van der Waals surface area contributed by atoms with Crippen molar-refractivity contribution in [2.45, 2.75) is 24.9 Å². The van der Waals surface area contributed by atoms with Crippen LogP contribution in [0.2, 0.25) is 0 Å². The monoisotopic (exact) mass is 289 g/mol. The van der Waals surface area contributed by atoms with E-state index in [1.807, 2.05) is 18.3 Å². The summed E-state index contributed by atoms with van der Waals surface area (Å²) in [5, 5.41) is 2.95. The van der Waals surface area contributed by atoms with Crippen molar-refractivity contribution in [1.82, 2.24) is 15.2 Å². The summed E-state index contributed by atoms with van der Waals surface area (Å²) in [7, 11) is 2.13. The van der Waals surface area contributed by atoms with Crippen molar-refractivity contribution in [1.29, 1.82) is 0 Å². The highest BCUT2D eigenvalue weighted by molar-refractivity contribution is 5.89. The van der Waals surface area contributed by atoms with Crippen molar-refractivity contribution in [3.8, 4) is 0 Å². The number of aromatic nitrogens is 1. The Morgan fingerprint density at radius 3 is 2.76 bits per heavy atom. The number of piperazine rings is 1. The maximum absolute atomic E-state index is 12.0. The summed E-state index contributed by atoms with van der Waals surface area (Å²) in [6.07, 6.45) is 3.39. The zero-order valence-corrected chi connectivity index (χ0v) is 12.5. The second kappa shape index (κ2) is 5.61. The molecule has 3 N–H and O–H groups in total. The highest BCUT2D eigenvalue weighted by Gasteiger charge is 2.45. The van der Waals surface area contributed by atoms with E-state index in [9.17, 15) is 4.79 Å². The van der Waals surface area contributed by atoms with E-state index in [4.69, 9.17) is 5.73 Å². The van der Waals surface area contributed by atoms with Crippen molar-refractivity contribution in [3.63, 3.8) is 0 Å². The summed E-state index contributed by atoms with van der Waals surface area (Å²) in [6.45, 7) is 4.50. The smallest absolute Gasteiger partial charge is 0.240 e.